The van der Waals surface area contributed by atoms with E-state index in [1.807, 2.05) is 11.8 Å². The Kier molecular flexibility index (Phi) is 4.70. The zero-order valence-corrected chi connectivity index (χ0v) is 13.0. The average molecular weight is 302 g/mol. The second-order valence-corrected chi connectivity index (χ2v) is 7.01. The molecule has 0 saturated heterocycles. The van der Waals surface area contributed by atoms with Crippen molar-refractivity contribution in [2.24, 2.45) is 0 Å². The molecule has 0 bridgehead atoms. The number of fused-ring (bicyclic) bond motifs is 1. The molecule has 1 unspecified atom stereocenters. The molecule has 2 aromatic rings. The van der Waals surface area contributed by atoms with Gasteiger partial charge in [0.1, 0.15) is 10.6 Å². The molecule has 0 amide bonds. The standard InChI is InChI=1S/C12H16ClN3S2/c1-4-17-6-7(2)14-10-9-5-8(3)18-11(9)16-12(13)15-10/h5,7H,4,6H2,1-3H3,(H,14,15,16). The average Bonchev–Trinajstić information content (AvgIpc) is 2.67. The molecule has 0 aliphatic heterocycles. The predicted octanol–water partition coefficient (Wildman–Crippen LogP) is 4.21. The fraction of sp³-hybridized carbons (Fsp3) is 0.500. The molecule has 98 valence electrons. The summed E-state index contributed by atoms with van der Waals surface area (Å²) in [6, 6.07) is 2.47. The summed E-state index contributed by atoms with van der Waals surface area (Å²) in [4.78, 5) is 10.7. The van der Waals surface area contributed by atoms with Crippen molar-refractivity contribution in [1.82, 2.24) is 9.97 Å². The quantitative estimate of drug-likeness (QED) is 0.840. The van der Waals surface area contributed by atoms with Gasteiger partial charge in [0.15, 0.2) is 0 Å². The summed E-state index contributed by atoms with van der Waals surface area (Å²) in [7, 11) is 0. The first-order valence-corrected chi connectivity index (χ1v) is 8.23. The van der Waals surface area contributed by atoms with E-state index in [2.05, 4.69) is 42.1 Å². The number of halogens is 1. The van der Waals surface area contributed by atoms with E-state index in [1.165, 1.54) is 4.88 Å². The van der Waals surface area contributed by atoms with E-state index in [4.69, 9.17) is 11.6 Å². The van der Waals surface area contributed by atoms with E-state index < -0.39 is 0 Å². The second-order valence-electron chi connectivity index (χ2n) is 4.12. The highest BCUT2D eigenvalue weighted by molar-refractivity contribution is 7.99. The normalized spacial score (nSPS) is 12.9. The van der Waals surface area contributed by atoms with E-state index >= 15 is 0 Å². The topological polar surface area (TPSA) is 37.8 Å². The Labute approximate surface area is 120 Å². The predicted molar refractivity (Wildman–Crippen MR) is 83.2 cm³/mol. The van der Waals surface area contributed by atoms with Gasteiger partial charge in [-0.15, -0.1) is 11.3 Å². The molecule has 0 radical (unpaired) electrons. The first kappa shape index (κ1) is 13.9. The molecule has 0 spiro atoms. The van der Waals surface area contributed by atoms with Crippen molar-refractivity contribution < 1.29 is 0 Å². The summed E-state index contributed by atoms with van der Waals surface area (Å²) >= 11 is 9.52. The largest absolute Gasteiger partial charge is 0.366 e. The summed E-state index contributed by atoms with van der Waals surface area (Å²) in [5, 5.41) is 4.80. The molecular formula is C12H16ClN3S2. The van der Waals surface area contributed by atoms with Crippen molar-refractivity contribution in [2.75, 3.05) is 16.8 Å². The van der Waals surface area contributed by atoms with Crippen LogP contribution in [0.5, 0.6) is 0 Å². The van der Waals surface area contributed by atoms with Crippen LogP contribution in [0.2, 0.25) is 5.28 Å². The number of hydrogen-bond donors (Lipinski definition) is 1. The van der Waals surface area contributed by atoms with Crippen molar-refractivity contribution in [1.29, 1.82) is 0 Å². The van der Waals surface area contributed by atoms with Crippen LogP contribution in [0.3, 0.4) is 0 Å². The lowest BCUT2D eigenvalue weighted by atomic mass is 10.3. The molecule has 6 heteroatoms. The van der Waals surface area contributed by atoms with Crippen LogP contribution in [0.4, 0.5) is 5.82 Å². The van der Waals surface area contributed by atoms with Crippen LogP contribution in [-0.2, 0) is 0 Å². The maximum atomic E-state index is 5.96. The highest BCUT2D eigenvalue weighted by Gasteiger charge is 2.11. The maximum Gasteiger partial charge on any atom is 0.225 e. The summed E-state index contributed by atoms with van der Waals surface area (Å²) in [5.41, 5.74) is 0. The number of anilines is 1. The molecule has 3 nitrogen and oxygen atoms in total. The molecule has 0 aliphatic rings. The zero-order valence-electron chi connectivity index (χ0n) is 10.7. The third kappa shape index (κ3) is 3.28. The first-order chi connectivity index (χ1) is 8.60. The third-order valence-electron chi connectivity index (χ3n) is 2.44. The van der Waals surface area contributed by atoms with Crippen molar-refractivity contribution in [3.63, 3.8) is 0 Å². The van der Waals surface area contributed by atoms with Crippen molar-refractivity contribution >= 4 is 50.7 Å². The Morgan fingerprint density at radius 3 is 3.00 bits per heavy atom. The van der Waals surface area contributed by atoms with E-state index in [-0.39, 0.29) is 0 Å². The van der Waals surface area contributed by atoms with E-state index in [1.54, 1.807) is 11.3 Å². The molecule has 2 rings (SSSR count). The van der Waals surface area contributed by atoms with E-state index in [0.29, 0.717) is 11.3 Å². The van der Waals surface area contributed by atoms with Crippen LogP contribution < -0.4 is 5.32 Å². The van der Waals surface area contributed by atoms with Gasteiger partial charge in [-0.25, -0.2) is 9.97 Å². The molecule has 0 fully saturated rings. The Morgan fingerprint density at radius 2 is 2.28 bits per heavy atom. The van der Waals surface area contributed by atoms with Gasteiger partial charge in [0.25, 0.3) is 0 Å². The van der Waals surface area contributed by atoms with Gasteiger partial charge in [0.2, 0.25) is 5.28 Å². The van der Waals surface area contributed by atoms with Crippen LogP contribution in [-0.4, -0.2) is 27.5 Å². The van der Waals surface area contributed by atoms with Gasteiger partial charge in [0.05, 0.1) is 5.39 Å². The fourth-order valence-electron chi connectivity index (χ4n) is 1.70. The molecule has 1 atom stereocenters. The summed E-state index contributed by atoms with van der Waals surface area (Å²) < 4.78 is 0. The highest BCUT2D eigenvalue weighted by atomic mass is 35.5. The molecule has 18 heavy (non-hydrogen) atoms. The second kappa shape index (κ2) is 6.08. The summed E-state index contributed by atoms with van der Waals surface area (Å²) in [6.07, 6.45) is 0. The van der Waals surface area contributed by atoms with Gasteiger partial charge >= 0.3 is 0 Å². The maximum absolute atomic E-state index is 5.96. The van der Waals surface area contributed by atoms with E-state index in [9.17, 15) is 0 Å². The Bertz CT molecular complexity index is 541. The van der Waals surface area contributed by atoms with Crippen LogP contribution in [0.1, 0.15) is 18.7 Å². The molecule has 1 N–H and O–H groups in total. The van der Waals surface area contributed by atoms with Crippen LogP contribution in [0.25, 0.3) is 10.2 Å². The van der Waals surface area contributed by atoms with E-state index in [0.717, 1.165) is 27.5 Å². The number of rotatable bonds is 5. The van der Waals surface area contributed by atoms with Crippen molar-refractivity contribution in [3.8, 4) is 0 Å². The molecule has 0 aliphatic carbocycles. The molecule has 0 saturated carbocycles. The number of nitrogens with zero attached hydrogens (tertiary/aromatic N) is 2. The van der Waals surface area contributed by atoms with Gasteiger partial charge in [-0.1, -0.05) is 6.92 Å². The molecule has 2 heterocycles. The smallest absolute Gasteiger partial charge is 0.225 e. The lowest BCUT2D eigenvalue weighted by Crippen LogP contribution is -2.19. The lowest BCUT2D eigenvalue weighted by Gasteiger charge is -2.14. The molecule has 2 aromatic heterocycles. The fourth-order valence-corrected chi connectivity index (χ4v) is 3.47. The lowest BCUT2D eigenvalue weighted by molar-refractivity contribution is 0.903. The Balaban J connectivity index is 2.26. The van der Waals surface area contributed by atoms with Gasteiger partial charge in [-0.3, -0.25) is 0 Å². The summed E-state index contributed by atoms with van der Waals surface area (Å²) in [6.45, 7) is 6.39. The summed E-state index contributed by atoms with van der Waals surface area (Å²) in [5.74, 6) is 3.03. The zero-order chi connectivity index (χ0) is 13.1. The number of aryl methyl sites for hydroxylation is 1. The SMILES string of the molecule is CCSCC(C)Nc1nc(Cl)nc2sc(C)cc12. The monoisotopic (exact) mass is 301 g/mol. The van der Waals surface area contributed by atoms with Gasteiger partial charge in [-0.2, -0.15) is 11.8 Å². The first-order valence-electron chi connectivity index (χ1n) is 5.88. The number of aromatic nitrogens is 2. The third-order valence-corrected chi connectivity index (χ3v) is 4.70. The number of thioether (sulfide) groups is 1. The van der Waals surface area contributed by atoms with Crippen LogP contribution in [0, 0.1) is 6.92 Å². The highest BCUT2D eigenvalue weighted by Crippen LogP contribution is 2.29. The Morgan fingerprint density at radius 1 is 1.50 bits per heavy atom. The van der Waals surface area contributed by atoms with Crippen molar-refractivity contribution in [3.05, 3.63) is 16.2 Å². The molecule has 0 aromatic carbocycles. The number of nitrogens with one attached hydrogen (secondary N) is 1. The van der Waals surface area contributed by atoms with Crippen LogP contribution >= 0.6 is 34.7 Å². The van der Waals surface area contributed by atoms with Gasteiger partial charge in [0, 0.05) is 16.7 Å². The minimum Gasteiger partial charge on any atom is -0.366 e. The van der Waals surface area contributed by atoms with Gasteiger partial charge < -0.3 is 5.32 Å². The minimum atomic E-state index is 0.308. The van der Waals surface area contributed by atoms with Crippen molar-refractivity contribution in [2.45, 2.75) is 26.8 Å². The number of thiophene rings is 1. The minimum absolute atomic E-state index is 0.308. The number of hydrogen-bond acceptors (Lipinski definition) is 5. The van der Waals surface area contributed by atoms with Gasteiger partial charge in [-0.05, 0) is 37.3 Å². The molecular weight excluding hydrogens is 286 g/mol. The Hall–Kier alpha value is -0.520. The van der Waals surface area contributed by atoms with Crippen LogP contribution in [0.15, 0.2) is 6.07 Å².